The fourth-order valence-corrected chi connectivity index (χ4v) is 4.40. The highest BCUT2D eigenvalue weighted by molar-refractivity contribution is 5.98. The summed E-state index contributed by atoms with van der Waals surface area (Å²) in [5.41, 5.74) is 4.23. The van der Waals surface area contributed by atoms with Crippen molar-refractivity contribution < 1.29 is 19.5 Å². The van der Waals surface area contributed by atoms with Gasteiger partial charge in [0.1, 0.15) is 6.04 Å². The van der Waals surface area contributed by atoms with E-state index in [9.17, 15) is 19.5 Å². The molecule has 0 saturated carbocycles. The molecule has 2 amide bonds. The third-order valence-corrected chi connectivity index (χ3v) is 6.79. The number of carbonyl (C=O) groups excluding carboxylic acids is 2. The number of carbonyl (C=O) groups is 3. The van der Waals surface area contributed by atoms with Crippen LogP contribution in [0.5, 0.6) is 0 Å². The summed E-state index contributed by atoms with van der Waals surface area (Å²) < 4.78 is 0. The molecule has 0 saturated heterocycles. The molecule has 0 bridgehead atoms. The average Bonchev–Trinajstić information content (AvgIpc) is 2.90. The summed E-state index contributed by atoms with van der Waals surface area (Å²) in [6.07, 6.45) is 1.44. The Labute approximate surface area is 225 Å². The maximum atomic E-state index is 13.1. The van der Waals surface area contributed by atoms with Crippen LogP contribution in [0.3, 0.4) is 0 Å². The fourth-order valence-electron chi connectivity index (χ4n) is 4.40. The molecule has 0 aliphatic carbocycles. The Morgan fingerprint density at radius 2 is 1.45 bits per heavy atom. The van der Waals surface area contributed by atoms with Crippen LogP contribution in [-0.4, -0.2) is 34.5 Å². The number of carboxylic acids is 1. The van der Waals surface area contributed by atoms with Crippen LogP contribution in [0.25, 0.3) is 11.1 Å². The molecule has 38 heavy (non-hydrogen) atoms. The molecule has 3 N–H and O–H groups in total. The van der Waals surface area contributed by atoms with Crippen LogP contribution in [0.4, 0.5) is 0 Å². The molecule has 0 fully saturated rings. The molecular formula is C32H38N2O4. The molecule has 0 aliphatic rings. The minimum absolute atomic E-state index is 0.00502. The van der Waals surface area contributed by atoms with Crippen molar-refractivity contribution in [3.05, 3.63) is 95.6 Å². The molecule has 3 aromatic carbocycles. The van der Waals surface area contributed by atoms with Crippen molar-refractivity contribution >= 4 is 17.8 Å². The van der Waals surface area contributed by atoms with Gasteiger partial charge in [0.05, 0.1) is 0 Å². The van der Waals surface area contributed by atoms with E-state index in [2.05, 4.69) is 48.7 Å². The van der Waals surface area contributed by atoms with E-state index in [0.717, 1.165) is 23.1 Å². The van der Waals surface area contributed by atoms with Gasteiger partial charge in [-0.1, -0.05) is 80.6 Å². The first-order valence-electron chi connectivity index (χ1n) is 13.2. The zero-order valence-corrected chi connectivity index (χ0v) is 22.7. The number of rotatable bonds is 12. The smallest absolute Gasteiger partial charge is 0.303 e. The van der Waals surface area contributed by atoms with Crippen LogP contribution < -0.4 is 10.6 Å². The third-order valence-electron chi connectivity index (χ3n) is 6.79. The number of hydrogen-bond donors (Lipinski definition) is 3. The molecule has 0 aliphatic heterocycles. The van der Waals surface area contributed by atoms with Crippen molar-refractivity contribution in [2.24, 2.45) is 0 Å². The zero-order chi connectivity index (χ0) is 27.7. The van der Waals surface area contributed by atoms with Crippen molar-refractivity contribution in [3.8, 4) is 11.1 Å². The topological polar surface area (TPSA) is 95.5 Å². The van der Waals surface area contributed by atoms with E-state index < -0.39 is 29.4 Å². The first-order chi connectivity index (χ1) is 18.1. The summed E-state index contributed by atoms with van der Waals surface area (Å²) in [4.78, 5) is 37.4. The highest BCUT2D eigenvalue weighted by Gasteiger charge is 2.28. The van der Waals surface area contributed by atoms with E-state index in [4.69, 9.17) is 0 Å². The molecule has 0 radical (unpaired) electrons. The molecule has 200 valence electrons. The maximum absolute atomic E-state index is 13.1. The summed E-state index contributed by atoms with van der Waals surface area (Å²) >= 11 is 0. The SMILES string of the molecule is CCC(C)c1ccc(-c2ccc(C(=O)N[C@@H](CCC(=O)O)C(=O)NC(C)(C)Cc3ccccc3)cc2)cc1. The second-order valence-corrected chi connectivity index (χ2v) is 10.5. The molecule has 0 spiro atoms. The molecule has 2 atom stereocenters. The summed E-state index contributed by atoms with van der Waals surface area (Å²) in [6, 6.07) is 24.5. The van der Waals surface area contributed by atoms with Gasteiger partial charge < -0.3 is 15.7 Å². The number of aliphatic carboxylic acids is 1. The Morgan fingerprint density at radius 1 is 0.868 bits per heavy atom. The van der Waals surface area contributed by atoms with E-state index in [0.29, 0.717) is 17.9 Å². The van der Waals surface area contributed by atoms with Crippen LogP contribution in [0.1, 0.15) is 74.4 Å². The Kier molecular flexibility index (Phi) is 9.83. The van der Waals surface area contributed by atoms with Crippen molar-refractivity contribution in [2.75, 3.05) is 0 Å². The second-order valence-electron chi connectivity index (χ2n) is 10.5. The Bertz CT molecular complexity index is 1220. The quantitative estimate of drug-likeness (QED) is 0.278. The second kappa shape index (κ2) is 13.0. The number of carboxylic acid groups (broad SMARTS) is 1. The van der Waals surface area contributed by atoms with E-state index in [1.165, 1.54) is 5.56 Å². The van der Waals surface area contributed by atoms with Crippen molar-refractivity contribution in [2.45, 2.75) is 70.9 Å². The molecule has 0 aromatic heterocycles. The van der Waals surface area contributed by atoms with Crippen molar-refractivity contribution in [1.29, 1.82) is 0 Å². The van der Waals surface area contributed by atoms with Gasteiger partial charge in [-0.2, -0.15) is 0 Å². The third kappa shape index (κ3) is 8.30. The van der Waals surface area contributed by atoms with E-state index in [1.54, 1.807) is 12.1 Å². The zero-order valence-electron chi connectivity index (χ0n) is 22.7. The summed E-state index contributed by atoms with van der Waals surface area (Å²) in [5, 5.41) is 14.9. The average molecular weight is 515 g/mol. The van der Waals surface area contributed by atoms with Gasteiger partial charge in [0.15, 0.2) is 0 Å². The van der Waals surface area contributed by atoms with Gasteiger partial charge in [0.25, 0.3) is 5.91 Å². The van der Waals surface area contributed by atoms with Crippen LogP contribution in [0, 0.1) is 0 Å². The maximum Gasteiger partial charge on any atom is 0.303 e. The molecule has 6 nitrogen and oxygen atoms in total. The Morgan fingerprint density at radius 3 is 2.00 bits per heavy atom. The first-order valence-corrected chi connectivity index (χ1v) is 13.2. The number of hydrogen-bond acceptors (Lipinski definition) is 3. The largest absolute Gasteiger partial charge is 0.481 e. The van der Waals surface area contributed by atoms with E-state index in [-0.39, 0.29) is 12.8 Å². The van der Waals surface area contributed by atoms with Gasteiger partial charge in [-0.3, -0.25) is 14.4 Å². The molecular weight excluding hydrogens is 476 g/mol. The number of nitrogens with one attached hydrogen (secondary N) is 2. The summed E-state index contributed by atoms with van der Waals surface area (Å²) in [6.45, 7) is 8.19. The van der Waals surface area contributed by atoms with E-state index >= 15 is 0 Å². The summed E-state index contributed by atoms with van der Waals surface area (Å²) in [5.74, 6) is -1.34. The highest BCUT2D eigenvalue weighted by atomic mass is 16.4. The standard InChI is InChI=1S/C32H38N2O4/c1-5-22(2)24-11-13-25(14-12-24)26-15-17-27(18-16-26)30(37)33-28(19-20-29(35)36)31(38)34-32(3,4)21-23-9-7-6-8-10-23/h6-18,22,28H,5,19-21H2,1-4H3,(H,33,37)(H,34,38)(H,35,36)/t22?,28-/m0/s1. The lowest BCUT2D eigenvalue weighted by Crippen LogP contribution is -2.54. The van der Waals surface area contributed by atoms with Gasteiger partial charge in [-0.25, -0.2) is 0 Å². The monoisotopic (exact) mass is 514 g/mol. The van der Waals surface area contributed by atoms with E-state index in [1.807, 2.05) is 56.3 Å². The predicted molar refractivity (Wildman–Crippen MR) is 151 cm³/mol. The number of benzene rings is 3. The fraction of sp³-hybridized carbons (Fsp3) is 0.344. The predicted octanol–water partition coefficient (Wildman–Crippen LogP) is 5.97. The van der Waals surface area contributed by atoms with Crippen LogP contribution in [0.15, 0.2) is 78.9 Å². The van der Waals surface area contributed by atoms with Gasteiger partial charge in [0.2, 0.25) is 5.91 Å². The van der Waals surface area contributed by atoms with Crippen molar-refractivity contribution in [1.82, 2.24) is 10.6 Å². The highest BCUT2D eigenvalue weighted by Crippen LogP contribution is 2.24. The molecule has 6 heteroatoms. The van der Waals surface area contributed by atoms with Crippen LogP contribution in [0.2, 0.25) is 0 Å². The minimum Gasteiger partial charge on any atom is -0.481 e. The Balaban J connectivity index is 1.68. The normalized spacial score (nSPS) is 12.8. The van der Waals surface area contributed by atoms with Crippen LogP contribution in [-0.2, 0) is 16.0 Å². The van der Waals surface area contributed by atoms with Gasteiger partial charge in [0, 0.05) is 17.5 Å². The molecule has 1 unspecified atom stereocenters. The lowest BCUT2D eigenvalue weighted by Gasteiger charge is -2.29. The van der Waals surface area contributed by atoms with Gasteiger partial charge in [-0.15, -0.1) is 0 Å². The summed E-state index contributed by atoms with van der Waals surface area (Å²) in [7, 11) is 0. The number of amides is 2. The van der Waals surface area contributed by atoms with Gasteiger partial charge in [-0.05, 0) is 73.4 Å². The molecule has 3 rings (SSSR count). The van der Waals surface area contributed by atoms with Crippen LogP contribution >= 0.6 is 0 Å². The first kappa shape index (κ1) is 28.6. The Hall–Kier alpha value is -3.93. The van der Waals surface area contributed by atoms with Crippen molar-refractivity contribution in [3.63, 3.8) is 0 Å². The lowest BCUT2D eigenvalue weighted by molar-refractivity contribution is -0.137. The minimum atomic E-state index is -1.02. The van der Waals surface area contributed by atoms with Gasteiger partial charge >= 0.3 is 5.97 Å². The molecule has 3 aromatic rings. The molecule has 0 heterocycles. The lowest BCUT2D eigenvalue weighted by atomic mass is 9.94.